The second kappa shape index (κ2) is 14.9. The molecule has 0 aliphatic carbocycles. The molecule has 0 aliphatic rings. The van der Waals surface area contributed by atoms with E-state index in [0.717, 1.165) is 12.0 Å². The van der Waals surface area contributed by atoms with Crippen molar-refractivity contribution in [2.24, 2.45) is 0 Å². The van der Waals surface area contributed by atoms with Crippen molar-refractivity contribution in [3.63, 3.8) is 0 Å². The summed E-state index contributed by atoms with van der Waals surface area (Å²) in [5.74, 6) is 0. The van der Waals surface area contributed by atoms with E-state index in [9.17, 15) is 4.79 Å². The number of carbonyl (C=O) groups is 1. The van der Waals surface area contributed by atoms with Crippen LogP contribution in [0.15, 0.2) is 37.7 Å². The summed E-state index contributed by atoms with van der Waals surface area (Å²) in [6.07, 6.45) is 4.86. The number of hydrogen-bond donors (Lipinski definition) is 1. The number of pyridine rings is 1. The van der Waals surface area contributed by atoms with Crippen LogP contribution in [0.3, 0.4) is 0 Å². The average Bonchev–Trinajstić information content (AvgIpc) is 2.36. The van der Waals surface area contributed by atoms with Gasteiger partial charge in [0.1, 0.15) is 6.29 Å². The van der Waals surface area contributed by atoms with Crippen LogP contribution in [0.5, 0.6) is 0 Å². The van der Waals surface area contributed by atoms with E-state index in [4.69, 9.17) is 0 Å². The molecule has 15 heavy (non-hydrogen) atoms. The zero-order chi connectivity index (χ0) is 11.9. The van der Waals surface area contributed by atoms with Crippen LogP contribution in [0.25, 0.3) is 0 Å². The SMILES string of the molecule is C=C.CC.O=CCCNc1ccncc1. The van der Waals surface area contributed by atoms with Gasteiger partial charge in [-0.2, -0.15) is 0 Å². The van der Waals surface area contributed by atoms with Crippen LogP contribution in [-0.4, -0.2) is 17.8 Å². The number of rotatable bonds is 4. The number of nitrogens with zero attached hydrogens (tertiary/aromatic N) is 1. The highest BCUT2D eigenvalue weighted by molar-refractivity contribution is 5.51. The maximum Gasteiger partial charge on any atom is 0.121 e. The van der Waals surface area contributed by atoms with Gasteiger partial charge in [0.15, 0.2) is 0 Å². The van der Waals surface area contributed by atoms with E-state index in [1.807, 2.05) is 26.0 Å². The minimum Gasteiger partial charge on any atom is -0.385 e. The van der Waals surface area contributed by atoms with Crippen molar-refractivity contribution in [3.8, 4) is 0 Å². The molecule has 1 rings (SSSR count). The van der Waals surface area contributed by atoms with E-state index in [1.54, 1.807) is 12.4 Å². The molecule has 0 aromatic carbocycles. The summed E-state index contributed by atoms with van der Waals surface area (Å²) in [6.45, 7) is 10.7. The van der Waals surface area contributed by atoms with E-state index in [0.29, 0.717) is 13.0 Å². The predicted octanol–water partition coefficient (Wildman–Crippen LogP) is 2.91. The lowest BCUT2D eigenvalue weighted by atomic mass is 10.4. The summed E-state index contributed by atoms with van der Waals surface area (Å²) in [6, 6.07) is 3.73. The summed E-state index contributed by atoms with van der Waals surface area (Å²) in [4.78, 5) is 13.8. The van der Waals surface area contributed by atoms with Crippen molar-refractivity contribution in [3.05, 3.63) is 37.7 Å². The summed E-state index contributed by atoms with van der Waals surface area (Å²) in [5.41, 5.74) is 1.00. The second-order valence-corrected chi connectivity index (χ2v) is 2.12. The van der Waals surface area contributed by atoms with Crippen molar-refractivity contribution in [1.82, 2.24) is 4.98 Å². The van der Waals surface area contributed by atoms with Gasteiger partial charge in [0.05, 0.1) is 0 Å². The minimum atomic E-state index is 0.544. The molecule has 0 saturated carbocycles. The van der Waals surface area contributed by atoms with Crippen molar-refractivity contribution in [1.29, 1.82) is 0 Å². The van der Waals surface area contributed by atoms with Gasteiger partial charge in [-0.1, -0.05) is 13.8 Å². The van der Waals surface area contributed by atoms with E-state index in [1.165, 1.54) is 0 Å². The van der Waals surface area contributed by atoms with Crippen LogP contribution in [0, 0.1) is 0 Å². The Morgan fingerprint density at radius 1 is 1.33 bits per heavy atom. The van der Waals surface area contributed by atoms with Crippen molar-refractivity contribution in [2.45, 2.75) is 20.3 Å². The largest absolute Gasteiger partial charge is 0.385 e. The topological polar surface area (TPSA) is 42.0 Å². The van der Waals surface area contributed by atoms with Gasteiger partial charge in [-0.3, -0.25) is 4.98 Å². The normalized spacial score (nSPS) is 7.33. The number of anilines is 1. The molecule has 0 aliphatic heterocycles. The molecule has 0 fully saturated rings. The van der Waals surface area contributed by atoms with Gasteiger partial charge in [0, 0.05) is 31.0 Å². The molecule has 3 heteroatoms. The number of hydrogen-bond acceptors (Lipinski definition) is 3. The summed E-state index contributed by atoms with van der Waals surface area (Å²) in [5, 5.41) is 3.07. The molecule has 0 atom stereocenters. The standard InChI is InChI=1S/C8H10N2O.C2H6.C2H4/c11-7-1-4-10-8-2-5-9-6-3-8;2*1-2/h2-3,5-7H,1,4H2,(H,9,10);1-2H3;1-2H2. The van der Waals surface area contributed by atoms with Crippen LogP contribution < -0.4 is 5.32 Å². The van der Waals surface area contributed by atoms with E-state index < -0.39 is 0 Å². The second-order valence-electron chi connectivity index (χ2n) is 2.12. The Labute approximate surface area is 92.2 Å². The Balaban J connectivity index is 0. The Morgan fingerprint density at radius 3 is 2.33 bits per heavy atom. The third kappa shape index (κ3) is 10.3. The molecule has 3 nitrogen and oxygen atoms in total. The Kier molecular flexibility index (Phi) is 15.7. The quantitative estimate of drug-likeness (QED) is 0.470. The summed E-state index contributed by atoms with van der Waals surface area (Å²) >= 11 is 0. The molecule has 1 aromatic heterocycles. The molecule has 0 amide bonds. The van der Waals surface area contributed by atoms with Crippen LogP contribution in [0.4, 0.5) is 5.69 Å². The van der Waals surface area contributed by atoms with Gasteiger partial charge in [-0.05, 0) is 12.1 Å². The van der Waals surface area contributed by atoms with Crippen molar-refractivity contribution < 1.29 is 4.79 Å². The van der Waals surface area contributed by atoms with Crippen LogP contribution in [0.1, 0.15) is 20.3 Å². The molecule has 1 N–H and O–H groups in total. The summed E-state index contributed by atoms with van der Waals surface area (Å²) in [7, 11) is 0. The molecule has 84 valence electrons. The minimum absolute atomic E-state index is 0.544. The first-order chi connectivity index (χ1) is 7.43. The van der Waals surface area contributed by atoms with Crippen LogP contribution in [-0.2, 0) is 4.79 Å². The summed E-state index contributed by atoms with van der Waals surface area (Å²) < 4.78 is 0. The number of carbonyl (C=O) groups excluding carboxylic acids is 1. The highest BCUT2D eigenvalue weighted by Crippen LogP contribution is 2.01. The number of aldehydes is 1. The van der Waals surface area contributed by atoms with Gasteiger partial charge in [0.2, 0.25) is 0 Å². The lowest BCUT2D eigenvalue weighted by molar-refractivity contribution is -0.107. The Morgan fingerprint density at radius 2 is 1.87 bits per heavy atom. The van der Waals surface area contributed by atoms with E-state index in [2.05, 4.69) is 23.5 Å². The predicted molar refractivity (Wildman–Crippen MR) is 66.0 cm³/mol. The molecular weight excluding hydrogens is 188 g/mol. The fraction of sp³-hybridized carbons (Fsp3) is 0.333. The maximum absolute atomic E-state index is 9.94. The molecule has 0 spiro atoms. The lowest BCUT2D eigenvalue weighted by Gasteiger charge is -2.01. The fourth-order valence-electron chi connectivity index (χ4n) is 0.745. The average molecular weight is 208 g/mol. The van der Waals surface area contributed by atoms with E-state index in [-0.39, 0.29) is 0 Å². The molecule has 1 heterocycles. The van der Waals surface area contributed by atoms with E-state index >= 15 is 0 Å². The number of aromatic nitrogens is 1. The Hall–Kier alpha value is -1.64. The first-order valence-corrected chi connectivity index (χ1v) is 5.01. The van der Waals surface area contributed by atoms with Crippen molar-refractivity contribution in [2.75, 3.05) is 11.9 Å². The molecule has 0 radical (unpaired) electrons. The van der Waals surface area contributed by atoms with Crippen molar-refractivity contribution >= 4 is 12.0 Å². The third-order valence-electron chi connectivity index (χ3n) is 1.27. The highest BCUT2D eigenvalue weighted by Gasteiger charge is 1.86. The molecule has 0 unspecified atom stereocenters. The van der Waals surface area contributed by atoms with Gasteiger partial charge in [-0.25, -0.2) is 0 Å². The van der Waals surface area contributed by atoms with Gasteiger partial charge in [-0.15, -0.1) is 13.2 Å². The molecule has 0 saturated heterocycles. The maximum atomic E-state index is 9.94. The molecule has 0 bridgehead atoms. The van der Waals surface area contributed by atoms with Crippen LogP contribution in [0.2, 0.25) is 0 Å². The molecule has 1 aromatic rings. The van der Waals surface area contributed by atoms with Gasteiger partial charge >= 0.3 is 0 Å². The highest BCUT2D eigenvalue weighted by atomic mass is 16.1. The van der Waals surface area contributed by atoms with Crippen LogP contribution >= 0.6 is 0 Å². The lowest BCUT2D eigenvalue weighted by Crippen LogP contribution is -2.01. The zero-order valence-electron chi connectivity index (χ0n) is 9.57. The zero-order valence-corrected chi connectivity index (χ0v) is 9.57. The Bertz CT molecular complexity index is 224. The third-order valence-corrected chi connectivity index (χ3v) is 1.27. The molecular formula is C12H20N2O. The smallest absolute Gasteiger partial charge is 0.121 e. The van der Waals surface area contributed by atoms with Gasteiger partial charge in [0.25, 0.3) is 0 Å². The van der Waals surface area contributed by atoms with Gasteiger partial charge < -0.3 is 10.1 Å². The first-order valence-electron chi connectivity index (χ1n) is 5.01. The monoisotopic (exact) mass is 208 g/mol. The number of nitrogens with one attached hydrogen (secondary N) is 1. The first kappa shape index (κ1) is 15.8. The fourth-order valence-corrected chi connectivity index (χ4v) is 0.745.